The van der Waals surface area contributed by atoms with E-state index in [0.29, 0.717) is 34.9 Å². The molecule has 1 fully saturated rings. The van der Waals surface area contributed by atoms with E-state index in [-0.39, 0.29) is 5.91 Å². The van der Waals surface area contributed by atoms with Crippen molar-refractivity contribution in [3.05, 3.63) is 77.5 Å². The van der Waals surface area contributed by atoms with Crippen molar-refractivity contribution < 1.29 is 9.53 Å². The first-order chi connectivity index (χ1) is 16.0. The highest BCUT2D eigenvalue weighted by molar-refractivity contribution is 6.30. The second kappa shape index (κ2) is 9.07. The van der Waals surface area contributed by atoms with Crippen LogP contribution in [-0.2, 0) is 11.3 Å². The lowest BCUT2D eigenvalue weighted by Gasteiger charge is -2.14. The molecule has 1 aliphatic rings. The van der Waals surface area contributed by atoms with E-state index >= 15 is 0 Å². The number of nitrogens with one attached hydrogen (secondary N) is 2. The summed E-state index contributed by atoms with van der Waals surface area (Å²) >= 11 is 5.96. The number of aromatic nitrogens is 4. The number of hydrogen-bond donors (Lipinski definition) is 2. The number of nitrogens with zero attached hydrogens (tertiary/aromatic N) is 4. The Labute approximate surface area is 196 Å². The highest BCUT2D eigenvalue weighted by atomic mass is 35.5. The Morgan fingerprint density at radius 2 is 2.03 bits per heavy atom. The molecule has 5 rings (SSSR count). The zero-order chi connectivity index (χ0) is 22.8. The first kappa shape index (κ1) is 21.2. The first-order valence-electron chi connectivity index (χ1n) is 10.8. The second-order valence-corrected chi connectivity index (χ2v) is 8.52. The summed E-state index contributed by atoms with van der Waals surface area (Å²) < 4.78 is 7.72. The molecule has 0 radical (unpaired) electrons. The molecule has 1 saturated carbocycles. The summed E-state index contributed by atoms with van der Waals surface area (Å²) in [6.07, 6.45) is 7.39. The third-order valence-corrected chi connectivity index (χ3v) is 5.65. The largest absolute Gasteiger partial charge is 0.481 e. The number of halogens is 1. The molecule has 0 aliphatic heterocycles. The maximum atomic E-state index is 12.5. The van der Waals surface area contributed by atoms with Crippen LogP contribution in [0.3, 0.4) is 0 Å². The van der Waals surface area contributed by atoms with Gasteiger partial charge < -0.3 is 19.8 Å². The number of benzene rings is 1. The zero-order valence-corrected chi connectivity index (χ0v) is 18.8. The van der Waals surface area contributed by atoms with Crippen LogP contribution in [0.2, 0.25) is 5.02 Å². The highest BCUT2D eigenvalue weighted by Crippen LogP contribution is 2.39. The zero-order valence-electron chi connectivity index (χ0n) is 18.0. The lowest BCUT2D eigenvalue weighted by Crippen LogP contribution is -2.30. The van der Waals surface area contributed by atoms with Gasteiger partial charge in [-0.1, -0.05) is 23.7 Å². The molecule has 1 amide bonds. The van der Waals surface area contributed by atoms with Gasteiger partial charge in [-0.05, 0) is 55.5 Å². The smallest absolute Gasteiger partial charge is 0.266 e. The molecule has 1 aromatic carbocycles. The van der Waals surface area contributed by atoms with E-state index in [4.69, 9.17) is 16.3 Å². The fourth-order valence-corrected chi connectivity index (χ4v) is 3.71. The third-order valence-electron chi connectivity index (χ3n) is 5.42. The maximum absolute atomic E-state index is 12.5. The van der Waals surface area contributed by atoms with Crippen LogP contribution in [0.15, 0.2) is 61.2 Å². The number of hydrogen-bond acceptors (Lipinski definition) is 6. The van der Waals surface area contributed by atoms with Gasteiger partial charge in [-0.25, -0.2) is 15.0 Å². The molecule has 3 aromatic heterocycles. The van der Waals surface area contributed by atoms with E-state index in [1.165, 1.54) is 24.7 Å². The van der Waals surface area contributed by atoms with Crippen LogP contribution in [0.5, 0.6) is 5.75 Å². The van der Waals surface area contributed by atoms with Crippen LogP contribution in [0.25, 0.3) is 5.65 Å². The van der Waals surface area contributed by atoms with Gasteiger partial charge in [0.15, 0.2) is 6.10 Å². The summed E-state index contributed by atoms with van der Waals surface area (Å²) in [6, 6.07) is 12.8. The summed E-state index contributed by atoms with van der Waals surface area (Å²) in [6.45, 7) is 2.16. The maximum Gasteiger partial charge on any atom is 0.266 e. The number of rotatable bonds is 8. The number of ether oxygens (including phenoxy) is 1. The molecule has 2 N–H and O–H groups in total. The van der Waals surface area contributed by atoms with Crippen LogP contribution in [0, 0.1) is 0 Å². The fraction of sp³-hybridized carbons (Fsp3) is 0.250. The van der Waals surface area contributed by atoms with Gasteiger partial charge in [0.2, 0.25) is 0 Å². The summed E-state index contributed by atoms with van der Waals surface area (Å²) in [5.74, 6) is 1.85. The molecule has 168 valence electrons. The SMILES string of the molecule is CC(Oc1cccc(Cl)c1)C(=O)Nc1cc(NCc2cn3cc(C4CC4)ccc3n2)ncn1. The van der Waals surface area contributed by atoms with Crippen molar-refractivity contribution in [3.8, 4) is 5.75 Å². The summed E-state index contributed by atoms with van der Waals surface area (Å²) in [5, 5.41) is 6.53. The van der Waals surface area contributed by atoms with Crippen molar-refractivity contribution in [3.63, 3.8) is 0 Å². The van der Waals surface area contributed by atoms with Crippen molar-refractivity contribution >= 4 is 34.8 Å². The molecule has 0 bridgehead atoms. The summed E-state index contributed by atoms with van der Waals surface area (Å²) in [7, 11) is 0. The van der Waals surface area contributed by atoms with E-state index in [0.717, 1.165) is 11.3 Å². The molecule has 0 spiro atoms. The predicted octanol–water partition coefficient (Wildman–Crippen LogP) is 4.67. The number of pyridine rings is 1. The Morgan fingerprint density at radius 3 is 2.85 bits per heavy atom. The molecule has 1 aliphatic carbocycles. The van der Waals surface area contributed by atoms with Crippen molar-refractivity contribution in [2.24, 2.45) is 0 Å². The minimum Gasteiger partial charge on any atom is -0.481 e. The Morgan fingerprint density at radius 1 is 1.18 bits per heavy atom. The topological polar surface area (TPSA) is 93.4 Å². The van der Waals surface area contributed by atoms with Gasteiger partial charge in [-0.15, -0.1) is 0 Å². The van der Waals surface area contributed by atoms with E-state index in [2.05, 4.69) is 48.3 Å². The molecule has 0 saturated heterocycles. The van der Waals surface area contributed by atoms with E-state index in [1.807, 2.05) is 6.20 Å². The molecule has 4 aromatic rings. The quantitative estimate of drug-likeness (QED) is 0.395. The number of imidazole rings is 1. The second-order valence-electron chi connectivity index (χ2n) is 8.08. The molecule has 1 atom stereocenters. The standard InChI is InChI=1S/C24H23ClN6O2/c1-15(33-20-4-2-3-18(25)9-20)24(32)30-22-10-21(27-14-28-22)26-11-19-13-31-12-17(16-5-6-16)7-8-23(31)29-19/h2-4,7-10,12-16H,5-6,11H2,1H3,(H2,26,27,28,30,32). The number of anilines is 2. The lowest BCUT2D eigenvalue weighted by molar-refractivity contribution is -0.122. The van der Waals surface area contributed by atoms with E-state index in [9.17, 15) is 4.79 Å². The van der Waals surface area contributed by atoms with Crippen LogP contribution in [-0.4, -0.2) is 31.4 Å². The van der Waals surface area contributed by atoms with Gasteiger partial charge in [0.1, 0.15) is 29.4 Å². The van der Waals surface area contributed by atoms with Crippen LogP contribution in [0.1, 0.15) is 36.9 Å². The summed E-state index contributed by atoms with van der Waals surface area (Å²) in [4.78, 5) is 25.5. The fourth-order valence-electron chi connectivity index (χ4n) is 3.53. The van der Waals surface area contributed by atoms with Crippen LogP contribution >= 0.6 is 11.6 Å². The molecule has 1 unspecified atom stereocenters. The van der Waals surface area contributed by atoms with Gasteiger partial charge in [0.05, 0.1) is 12.2 Å². The summed E-state index contributed by atoms with van der Waals surface area (Å²) in [5.41, 5.74) is 3.18. The number of amides is 1. The van der Waals surface area contributed by atoms with Gasteiger partial charge in [0, 0.05) is 23.5 Å². The minimum absolute atomic E-state index is 0.327. The molecule has 8 nitrogen and oxygen atoms in total. The highest BCUT2D eigenvalue weighted by Gasteiger charge is 2.23. The molecule has 3 heterocycles. The minimum atomic E-state index is -0.728. The van der Waals surface area contributed by atoms with Gasteiger partial charge in [-0.3, -0.25) is 4.79 Å². The number of carbonyl (C=O) groups excluding carboxylic acids is 1. The van der Waals surface area contributed by atoms with Gasteiger partial charge in [-0.2, -0.15) is 0 Å². The average Bonchev–Trinajstić information content (AvgIpc) is 3.57. The Hall–Kier alpha value is -3.65. The van der Waals surface area contributed by atoms with Gasteiger partial charge in [0.25, 0.3) is 5.91 Å². The van der Waals surface area contributed by atoms with Crippen molar-refractivity contribution in [2.75, 3.05) is 10.6 Å². The predicted molar refractivity (Wildman–Crippen MR) is 127 cm³/mol. The molecular weight excluding hydrogens is 440 g/mol. The molecular formula is C24H23ClN6O2. The molecule has 9 heteroatoms. The average molecular weight is 463 g/mol. The Balaban J connectivity index is 1.19. The van der Waals surface area contributed by atoms with Crippen molar-refractivity contribution in [1.82, 2.24) is 19.4 Å². The number of carbonyl (C=O) groups is 1. The number of fused-ring (bicyclic) bond motifs is 1. The Kier molecular flexibility index (Phi) is 5.83. The normalized spacial score (nSPS) is 14.1. The lowest BCUT2D eigenvalue weighted by atomic mass is 10.2. The third kappa shape index (κ3) is 5.23. The monoisotopic (exact) mass is 462 g/mol. The first-order valence-corrected chi connectivity index (χ1v) is 11.2. The van der Waals surface area contributed by atoms with Crippen molar-refractivity contribution in [2.45, 2.75) is 38.3 Å². The van der Waals surface area contributed by atoms with Gasteiger partial charge >= 0.3 is 0 Å². The molecule has 33 heavy (non-hydrogen) atoms. The Bertz CT molecular complexity index is 1300. The van der Waals surface area contributed by atoms with E-state index in [1.54, 1.807) is 37.3 Å². The van der Waals surface area contributed by atoms with Crippen LogP contribution in [0.4, 0.5) is 11.6 Å². The van der Waals surface area contributed by atoms with Crippen LogP contribution < -0.4 is 15.4 Å². The van der Waals surface area contributed by atoms with E-state index < -0.39 is 6.10 Å². The van der Waals surface area contributed by atoms with Crippen molar-refractivity contribution in [1.29, 1.82) is 0 Å².